The minimum atomic E-state index is -0.834. The van der Waals surface area contributed by atoms with E-state index in [1.807, 2.05) is 6.07 Å². The third-order valence-electron chi connectivity index (χ3n) is 5.52. The Kier molecular flexibility index (Phi) is 9.97. The number of nitrogens with one attached hydrogen (secondary N) is 3. The maximum absolute atomic E-state index is 13.2. The summed E-state index contributed by atoms with van der Waals surface area (Å²) in [5, 5.41) is 24.1. The molecule has 0 aliphatic heterocycles. The first-order valence-corrected chi connectivity index (χ1v) is 12.8. The second-order valence-corrected chi connectivity index (χ2v) is 9.93. The highest BCUT2D eigenvalue weighted by Crippen LogP contribution is 2.33. The normalized spacial score (nSPS) is 11.5. The summed E-state index contributed by atoms with van der Waals surface area (Å²) in [6.07, 6.45) is 5.17. The van der Waals surface area contributed by atoms with Gasteiger partial charge in [-0.3, -0.25) is 24.7 Å². The molecule has 0 unspecified atom stereocenters. The first-order chi connectivity index (χ1) is 18.1. The molecular weight excluding hydrogens is 502 g/mol. The standard InChI is InChI=1S/C27H33N7O3S/c1-27(2,37)7-8-31-14-19-11-24(34-26(36)17-5-4-6-21(10-17)38-29)22(12-23(19)28)18-9-20(15-32-13-18)25(35)33-16-30-3/h4-6,9-15,30,37H,7-8,16,28-29H2,1-3H3,(H,33,35)(H,34,36). The number of aromatic nitrogens is 1. The van der Waals surface area contributed by atoms with Crippen LogP contribution >= 0.6 is 11.9 Å². The molecule has 0 radical (unpaired) electrons. The van der Waals surface area contributed by atoms with Gasteiger partial charge < -0.3 is 26.8 Å². The average Bonchev–Trinajstić information content (AvgIpc) is 2.90. The van der Waals surface area contributed by atoms with Crippen LogP contribution in [0, 0.1) is 0 Å². The van der Waals surface area contributed by atoms with Crippen molar-refractivity contribution in [3.05, 3.63) is 71.5 Å². The topological polar surface area (TPSA) is 168 Å². The Labute approximate surface area is 226 Å². The van der Waals surface area contributed by atoms with E-state index >= 15 is 0 Å². The fourth-order valence-corrected chi connectivity index (χ4v) is 3.83. The highest BCUT2D eigenvalue weighted by atomic mass is 32.2. The second-order valence-electron chi connectivity index (χ2n) is 9.22. The van der Waals surface area contributed by atoms with Crippen LogP contribution < -0.4 is 26.8 Å². The number of nitrogen functional groups attached to an aromatic ring is 1. The number of benzene rings is 2. The molecule has 0 spiro atoms. The predicted octanol–water partition coefficient (Wildman–Crippen LogP) is 3.04. The number of nitrogens with two attached hydrogens (primary N) is 2. The Bertz CT molecular complexity index is 1320. The van der Waals surface area contributed by atoms with Gasteiger partial charge in [-0.1, -0.05) is 6.07 Å². The number of nitrogens with zero attached hydrogens (tertiary/aromatic N) is 2. The van der Waals surface area contributed by atoms with Crippen molar-refractivity contribution in [2.75, 3.05) is 31.3 Å². The van der Waals surface area contributed by atoms with Gasteiger partial charge in [0, 0.05) is 63.7 Å². The smallest absolute Gasteiger partial charge is 0.255 e. The fraction of sp³-hybridized carbons (Fsp3) is 0.259. The van der Waals surface area contributed by atoms with Crippen molar-refractivity contribution < 1.29 is 14.7 Å². The maximum Gasteiger partial charge on any atom is 0.255 e. The molecule has 0 fully saturated rings. The number of hydrogen-bond acceptors (Lipinski definition) is 9. The van der Waals surface area contributed by atoms with Gasteiger partial charge in [-0.15, -0.1) is 0 Å². The molecule has 0 saturated carbocycles. The SMILES string of the molecule is CNCNC(=O)c1cncc(-c2cc(N)c(C=NCCC(C)(C)O)cc2NC(=O)c2cccc(SN)c2)c1. The number of carbonyl (C=O) groups is 2. The lowest BCUT2D eigenvalue weighted by molar-refractivity contribution is 0.0739. The summed E-state index contributed by atoms with van der Waals surface area (Å²) in [6, 6.07) is 12.1. The summed E-state index contributed by atoms with van der Waals surface area (Å²) in [7, 11) is 1.73. The van der Waals surface area contributed by atoms with E-state index in [2.05, 4.69) is 25.9 Å². The van der Waals surface area contributed by atoms with Crippen molar-refractivity contribution in [1.29, 1.82) is 0 Å². The highest BCUT2D eigenvalue weighted by Gasteiger charge is 2.16. The molecule has 8 N–H and O–H groups in total. The second kappa shape index (κ2) is 13.2. The minimum absolute atomic E-state index is 0.293. The van der Waals surface area contributed by atoms with Crippen LogP contribution in [-0.4, -0.2) is 54.0 Å². The molecule has 3 aromatic rings. The van der Waals surface area contributed by atoms with Gasteiger partial charge in [0.1, 0.15) is 0 Å². The summed E-state index contributed by atoms with van der Waals surface area (Å²) in [6.45, 7) is 4.15. The van der Waals surface area contributed by atoms with Crippen LogP contribution in [0.1, 0.15) is 46.5 Å². The molecule has 38 heavy (non-hydrogen) atoms. The van der Waals surface area contributed by atoms with Crippen LogP contribution in [0.25, 0.3) is 11.1 Å². The van der Waals surface area contributed by atoms with Crippen LogP contribution in [0.15, 0.2) is 64.7 Å². The van der Waals surface area contributed by atoms with Crippen molar-refractivity contribution in [1.82, 2.24) is 15.6 Å². The summed E-state index contributed by atoms with van der Waals surface area (Å²) in [4.78, 5) is 35.1. The molecule has 0 bridgehead atoms. The molecule has 0 aliphatic carbocycles. The number of hydrogen-bond donors (Lipinski definition) is 6. The Morgan fingerprint density at radius 3 is 2.63 bits per heavy atom. The quantitative estimate of drug-likeness (QED) is 0.0942. The molecule has 11 heteroatoms. The van der Waals surface area contributed by atoms with Gasteiger partial charge in [0.2, 0.25) is 0 Å². The van der Waals surface area contributed by atoms with Crippen LogP contribution in [0.5, 0.6) is 0 Å². The van der Waals surface area contributed by atoms with E-state index in [0.717, 1.165) is 16.8 Å². The first-order valence-electron chi connectivity index (χ1n) is 11.9. The zero-order valence-electron chi connectivity index (χ0n) is 21.6. The molecule has 1 heterocycles. The molecular formula is C27H33N7O3S. The van der Waals surface area contributed by atoms with Gasteiger partial charge in [0.25, 0.3) is 11.8 Å². The van der Waals surface area contributed by atoms with E-state index in [1.165, 1.54) is 6.20 Å². The Balaban J connectivity index is 2.01. The summed E-state index contributed by atoms with van der Waals surface area (Å²) >= 11 is 1.05. The minimum Gasteiger partial charge on any atom is -0.398 e. The molecule has 10 nitrogen and oxygen atoms in total. The van der Waals surface area contributed by atoms with Gasteiger partial charge in [0.05, 0.1) is 17.8 Å². The molecule has 1 aromatic heterocycles. The number of carbonyl (C=O) groups excluding carboxylic acids is 2. The Morgan fingerprint density at radius 1 is 1.13 bits per heavy atom. The van der Waals surface area contributed by atoms with Crippen LogP contribution in [0.2, 0.25) is 0 Å². The van der Waals surface area contributed by atoms with Crippen molar-refractivity contribution in [2.45, 2.75) is 30.8 Å². The van der Waals surface area contributed by atoms with E-state index < -0.39 is 5.60 Å². The number of amides is 2. The van der Waals surface area contributed by atoms with Crippen LogP contribution in [0.3, 0.4) is 0 Å². The first kappa shape index (κ1) is 28.8. The van der Waals surface area contributed by atoms with E-state index in [4.69, 9.17) is 10.9 Å². The Hall–Kier alpha value is -3.77. The number of pyridine rings is 1. The summed E-state index contributed by atoms with van der Waals surface area (Å²) < 4.78 is 0. The summed E-state index contributed by atoms with van der Waals surface area (Å²) in [5.74, 6) is -0.633. The maximum atomic E-state index is 13.2. The molecule has 0 aliphatic rings. The van der Waals surface area contributed by atoms with Gasteiger partial charge >= 0.3 is 0 Å². The summed E-state index contributed by atoms with van der Waals surface area (Å²) in [5.41, 5.74) is 9.00. The number of anilines is 2. The lowest BCUT2D eigenvalue weighted by Gasteiger charge is -2.16. The monoisotopic (exact) mass is 535 g/mol. The molecule has 3 rings (SSSR count). The zero-order chi connectivity index (χ0) is 27.7. The zero-order valence-corrected chi connectivity index (χ0v) is 22.4. The molecule has 2 amide bonds. The average molecular weight is 536 g/mol. The lowest BCUT2D eigenvalue weighted by Crippen LogP contribution is -2.31. The molecule has 0 saturated heterocycles. The number of aliphatic hydroxyl groups is 1. The third-order valence-corrected chi connectivity index (χ3v) is 6.05. The number of aliphatic imine (C=N–C) groups is 1. The van der Waals surface area contributed by atoms with Crippen molar-refractivity contribution in [3.8, 4) is 11.1 Å². The van der Waals surface area contributed by atoms with E-state index in [-0.39, 0.29) is 11.8 Å². The molecule has 2 aromatic carbocycles. The molecule has 200 valence electrons. The van der Waals surface area contributed by atoms with Crippen molar-refractivity contribution >= 4 is 41.4 Å². The van der Waals surface area contributed by atoms with Gasteiger partial charge in [-0.05, 0) is 75.7 Å². The fourth-order valence-electron chi connectivity index (χ4n) is 3.48. The number of rotatable bonds is 11. The van der Waals surface area contributed by atoms with Gasteiger partial charge in [0.15, 0.2) is 0 Å². The highest BCUT2D eigenvalue weighted by molar-refractivity contribution is 7.97. The predicted molar refractivity (Wildman–Crippen MR) is 153 cm³/mol. The van der Waals surface area contributed by atoms with Gasteiger partial charge in [-0.2, -0.15) is 0 Å². The van der Waals surface area contributed by atoms with Gasteiger partial charge in [-0.25, -0.2) is 0 Å². The van der Waals surface area contributed by atoms with E-state index in [9.17, 15) is 14.7 Å². The van der Waals surface area contributed by atoms with Crippen LogP contribution in [0.4, 0.5) is 11.4 Å². The molecule has 0 atom stereocenters. The van der Waals surface area contributed by atoms with E-state index in [0.29, 0.717) is 58.8 Å². The van der Waals surface area contributed by atoms with Crippen molar-refractivity contribution in [3.63, 3.8) is 0 Å². The van der Waals surface area contributed by atoms with Crippen molar-refractivity contribution in [2.24, 2.45) is 10.1 Å². The van der Waals surface area contributed by atoms with E-state index in [1.54, 1.807) is 69.7 Å². The largest absolute Gasteiger partial charge is 0.398 e. The lowest BCUT2D eigenvalue weighted by atomic mass is 9.99. The van der Waals surface area contributed by atoms with Crippen LogP contribution in [-0.2, 0) is 0 Å². The third kappa shape index (κ3) is 8.12. The Morgan fingerprint density at radius 2 is 1.92 bits per heavy atom.